The summed E-state index contributed by atoms with van der Waals surface area (Å²) in [5, 5.41) is 11.9. The van der Waals surface area contributed by atoms with Gasteiger partial charge in [-0.05, 0) is 47.9 Å². The third-order valence-electron chi connectivity index (χ3n) is 6.05. The Kier molecular flexibility index (Phi) is 8.55. The fourth-order valence-corrected chi connectivity index (χ4v) is 4.20. The van der Waals surface area contributed by atoms with E-state index in [4.69, 9.17) is 11.6 Å². The fourth-order valence-electron chi connectivity index (χ4n) is 4.06. The molecule has 11 heteroatoms. The second-order valence-electron chi connectivity index (χ2n) is 8.56. The minimum absolute atomic E-state index is 0.00482. The summed E-state index contributed by atoms with van der Waals surface area (Å²) in [4.78, 5) is 46.6. The number of benzene rings is 2. The highest BCUT2D eigenvalue weighted by Crippen LogP contribution is 2.28. The molecule has 0 radical (unpaired) electrons. The van der Waals surface area contributed by atoms with Crippen LogP contribution in [0.2, 0.25) is 5.02 Å². The number of nitrogens with one attached hydrogen (secondary N) is 4. The minimum Gasteiger partial charge on any atom is -0.355 e. The summed E-state index contributed by atoms with van der Waals surface area (Å²) in [6.45, 7) is 4.80. The van der Waals surface area contributed by atoms with Crippen LogP contribution in [0.4, 0.5) is 23.1 Å². The maximum atomic E-state index is 12.5. The molecule has 38 heavy (non-hydrogen) atoms. The van der Waals surface area contributed by atoms with Crippen molar-refractivity contribution in [1.82, 2.24) is 25.5 Å². The molecule has 196 valence electrons. The van der Waals surface area contributed by atoms with Gasteiger partial charge < -0.3 is 26.2 Å². The number of anilines is 4. The molecule has 4 rings (SSSR count). The van der Waals surface area contributed by atoms with E-state index in [-0.39, 0.29) is 30.7 Å². The second-order valence-corrected chi connectivity index (χ2v) is 8.97. The average molecular weight is 534 g/mol. The molecule has 0 unspecified atom stereocenters. The Morgan fingerprint density at radius 2 is 1.95 bits per heavy atom. The molecule has 1 aliphatic rings. The largest absolute Gasteiger partial charge is 0.355 e. The summed E-state index contributed by atoms with van der Waals surface area (Å²) in [6, 6.07) is 13.0. The van der Waals surface area contributed by atoms with Crippen molar-refractivity contribution in [3.05, 3.63) is 83.0 Å². The van der Waals surface area contributed by atoms with Gasteiger partial charge in [0.15, 0.2) is 5.82 Å². The van der Waals surface area contributed by atoms with Crippen LogP contribution in [0.15, 0.2) is 61.3 Å². The zero-order valence-electron chi connectivity index (χ0n) is 20.9. The number of para-hydroxylation sites is 1. The zero-order valence-corrected chi connectivity index (χ0v) is 21.6. The highest BCUT2D eigenvalue weighted by Gasteiger charge is 2.21. The molecule has 2 heterocycles. The van der Waals surface area contributed by atoms with E-state index in [2.05, 4.69) is 37.8 Å². The Bertz CT molecular complexity index is 1380. The summed E-state index contributed by atoms with van der Waals surface area (Å²) in [5.74, 6) is 0.170. The standard InChI is InChI=1S/C27H28ClN7O3/c1-3-23(36)30-12-10-24(37)35-13-11-17-14-19(9-8-18(17)16-35)32-27-31-15-21(28)25(34-27)33-22-7-5-4-6-20(22)26(38)29-2/h3-9,14-15H,1,10-13,16H2,2H3,(H,29,38)(H,30,36)(H2,31,32,33,34). The quantitative estimate of drug-likeness (QED) is 0.310. The van der Waals surface area contributed by atoms with Crippen molar-refractivity contribution in [3.8, 4) is 0 Å². The van der Waals surface area contributed by atoms with Crippen LogP contribution in [0, 0.1) is 0 Å². The molecule has 0 saturated carbocycles. The highest BCUT2D eigenvalue weighted by atomic mass is 35.5. The number of nitrogens with zero attached hydrogens (tertiary/aromatic N) is 3. The number of amides is 3. The van der Waals surface area contributed by atoms with Gasteiger partial charge in [-0.3, -0.25) is 14.4 Å². The van der Waals surface area contributed by atoms with Gasteiger partial charge in [0.25, 0.3) is 5.91 Å². The van der Waals surface area contributed by atoms with Gasteiger partial charge in [-0.1, -0.05) is 36.4 Å². The van der Waals surface area contributed by atoms with Crippen LogP contribution in [0.1, 0.15) is 27.9 Å². The van der Waals surface area contributed by atoms with Crippen LogP contribution in [-0.2, 0) is 22.6 Å². The lowest BCUT2D eigenvalue weighted by Crippen LogP contribution is -2.37. The van der Waals surface area contributed by atoms with E-state index >= 15 is 0 Å². The van der Waals surface area contributed by atoms with Gasteiger partial charge in [-0.15, -0.1) is 0 Å². The Labute approximate surface area is 225 Å². The van der Waals surface area contributed by atoms with Crippen molar-refractivity contribution in [2.45, 2.75) is 19.4 Å². The maximum Gasteiger partial charge on any atom is 0.253 e. The summed E-state index contributed by atoms with van der Waals surface area (Å²) >= 11 is 6.33. The maximum absolute atomic E-state index is 12.5. The molecule has 1 aliphatic heterocycles. The van der Waals surface area contributed by atoms with E-state index in [1.54, 1.807) is 30.1 Å². The lowest BCUT2D eigenvalue weighted by molar-refractivity contribution is -0.132. The third-order valence-corrected chi connectivity index (χ3v) is 6.32. The van der Waals surface area contributed by atoms with Gasteiger partial charge in [-0.25, -0.2) is 4.98 Å². The topological polar surface area (TPSA) is 128 Å². The molecule has 10 nitrogen and oxygen atoms in total. The number of rotatable bonds is 9. The van der Waals surface area contributed by atoms with Gasteiger partial charge in [0.05, 0.1) is 17.4 Å². The van der Waals surface area contributed by atoms with Crippen molar-refractivity contribution in [2.24, 2.45) is 0 Å². The molecule has 0 aliphatic carbocycles. The Balaban J connectivity index is 1.42. The van der Waals surface area contributed by atoms with Gasteiger partial charge in [0, 0.05) is 38.8 Å². The summed E-state index contributed by atoms with van der Waals surface area (Å²) in [5.41, 5.74) is 4.02. The van der Waals surface area contributed by atoms with E-state index in [1.165, 1.54) is 12.3 Å². The van der Waals surface area contributed by atoms with E-state index in [0.29, 0.717) is 47.6 Å². The Hall–Kier alpha value is -4.44. The molecule has 0 saturated heterocycles. The second kappa shape index (κ2) is 12.2. The van der Waals surface area contributed by atoms with Gasteiger partial charge >= 0.3 is 0 Å². The fraction of sp³-hybridized carbons (Fsp3) is 0.222. The Morgan fingerprint density at radius 3 is 2.74 bits per heavy atom. The van der Waals surface area contributed by atoms with Crippen molar-refractivity contribution < 1.29 is 14.4 Å². The molecule has 0 fully saturated rings. The molecule has 1 aromatic heterocycles. The first kappa shape index (κ1) is 26.6. The first-order chi connectivity index (χ1) is 18.4. The zero-order chi connectivity index (χ0) is 27.1. The van der Waals surface area contributed by atoms with Crippen LogP contribution < -0.4 is 21.3 Å². The third kappa shape index (κ3) is 6.46. The molecule has 0 atom stereocenters. The minimum atomic E-state index is -0.289. The first-order valence-corrected chi connectivity index (χ1v) is 12.4. The van der Waals surface area contributed by atoms with E-state index in [0.717, 1.165) is 16.8 Å². The lowest BCUT2D eigenvalue weighted by Gasteiger charge is -2.29. The lowest BCUT2D eigenvalue weighted by atomic mass is 9.98. The van der Waals surface area contributed by atoms with E-state index in [9.17, 15) is 14.4 Å². The number of fused-ring (bicyclic) bond motifs is 1. The predicted octanol–water partition coefficient (Wildman–Crippen LogP) is 3.55. The SMILES string of the molecule is C=CC(=O)NCCC(=O)N1CCc2cc(Nc3ncc(Cl)c(Nc4ccccc4C(=O)NC)n3)ccc2C1. The molecule has 2 aromatic carbocycles. The van der Waals surface area contributed by atoms with E-state index in [1.807, 2.05) is 24.3 Å². The predicted molar refractivity (Wildman–Crippen MR) is 147 cm³/mol. The van der Waals surface area contributed by atoms with Crippen LogP contribution in [-0.4, -0.2) is 52.7 Å². The molecule has 0 spiro atoms. The van der Waals surface area contributed by atoms with Gasteiger partial charge in [0.1, 0.15) is 5.02 Å². The highest BCUT2D eigenvalue weighted by molar-refractivity contribution is 6.33. The summed E-state index contributed by atoms with van der Waals surface area (Å²) in [6.07, 6.45) is 3.62. The van der Waals surface area contributed by atoms with Gasteiger partial charge in [-0.2, -0.15) is 4.98 Å². The molecular weight excluding hydrogens is 506 g/mol. The molecule has 0 bridgehead atoms. The number of carbonyl (C=O) groups excluding carboxylic acids is 3. The average Bonchev–Trinajstić information content (AvgIpc) is 2.94. The van der Waals surface area contributed by atoms with Gasteiger partial charge in [0.2, 0.25) is 17.8 Å². The smallest absolute Gasteiger partial charge is 0.253 e. The molecular formula is C27H28ClN7O3. The summed E-state index contributed by atoms with van der Waals surface area (Å²) < 4.78 is 0. The Morgan fingerprint density at radius 1 is 1.13 bits per heavy atom. The van der Waals surface area contributed by atoms with Crippen molar-refractivity contribution in [1.29, 1.82) is 0 Å². The number of halogens is 1. The van der Waals surface area contributed by atoms with Crippen LogP contribution >= 0.6 is 11.6 Å². The van der Waals surface area contributed by atoms with Crippen molar-refractivity contribution >= 4 is 52.5 Å². The van der Waals surface area contributed by atoms with Crippen LogP contribution in [0.25, 0.3) is 0 Å². The van der Waals surface area contributed by atoms with Crippen LogP contribution in [0.3, 0.4) is 0 Å². The van der Waals surface area contributed by atoms with Crippen molar-refractivity contribution in [2.75, 3.05) is 30.8 Å². The number of carbonyl (C=O) groups is 3. The van der Waals surface area contributed by atoms with E-state index < -0.39 is 0 Å². The van der Waals surface area contributed by atoms with Crippen LogP contribution in [0.5, 0.6) is 0 Å². The van der Waals surface area contributed by atoms with Crippen molar-refractivity contribution in [3.63, 3.8) is 0 Å². The summed E-state index contributed by atoms with van der Waals surface area (Å²) in [7, 11) is 1.57. The molecule has 3 aromatic rings. The monoisotopic (exact) mass is 533 g/mol. The number of hydrogen-bond donors (Lipinski definition) is 4. The molecule has 4 N–H and O–H groups in total. The molecule has 3 amide bonds. The number of hydrogen-bond acceptors (Lipinski definition) is 7. The first-order valence-electron chi connectivity index (χ1n) is 12.1. The number of aromatic nitrogens is 2. The normalized spacial score (nSPS) is 12.2.